The molecule has 0 saturated carbocycles. The molecule has 170 valence electrons. The van der Waals surface area contributed by atoms with Gasteiger partial charge in [-0.1, -0.05) is 26.0 Å². The summed E-state index contributed by atoms with van der Waals surface area (Å²) < 4.78 is 10.9. The molecule has 1 aromatic carbocycles. The molecule has 33 heavy (non-hydrogen) atoms. The second-order valence-electron chi connectivity index (χ2n) is 7.47. The summed E-state index contributed by atoms with van der Waals surface area (Å²) in [6.07, 6.45) is 3.38. The number of hydrogen-bond donors (Lipinski definition) is 1. The first-order valence-electron chi connectivity index (χ1n) is 10.8. The minimum Gasteiger partial charge on any atom is -0.462 e. The van der Waals surface area contributed by atoms with Crippen LogP contribution in [0.5, 0.6) is 0 Å². The van der Waals surface area contributed by atoms with Crippen LogP contribution in [0.3, 0.4) is 0 Å². The van der Waals surface area contributed by atoms with Crippen molar-refractivity contribution >= 4 is 45.8 Å². The zero-order valence-electron chi connectivity index (χ0n) is 18.6. The molecule has 1 aromatic heterocycles. The number of benzene rings is 1. The second kappa shape index (κ2) is 9.58. The quantitative estimate of drug-likeness (QED) is 0.447. The van der Waals surface area contributed by atoms with Gasteiger partial charge >= 0.3 is 5.97 Å². The number of rotatable bonds is 7. The van der Waals surface area contributed by atoms with Gasteiger partial charge in [0.1, 0.15) is 16.6 Å². The second-order valence-corrected chi connectivity index (χ2v) is 8.46. The summed E-state index contributed by atoms with van der Waals surface area (Å²) in [4.78, 5) is 28.6. The van der Waals surface area contributed by atoms with E-state index in [1.165, 1.54) is 22.8 Å². The first kappa shape index (κ1) is 22.7. The van der Waals surface area contributed by atoms with E-state index in [9.17, 15) is 9.59 Å². The first-order chi connectivity index (χ1) is 15.9. The van der Waals surface area contributed by atoms with Crippen LogP contribution in [-0.2, 0) is 9.53 Å². The van der Waals surface area contributed by atoms with Crippen molar-refractivity contribution < 1.29 is 18.7 Å². The number of aliphatic imine (C=N–C) groups is 1. The number of furan rings is 1. The lowest BCUT2D eigenvalue weighted by Crippen LogP contribution is -2.35. The molecule has 0 aliphatic carbocycles. The zero-order valence-corrected chi connectivity index (χ0v) is 19.4. The fraction of sp³-hybridized carbons (Fsp3) is 0.292. The number of amides is 1. The van der Waals surface area contributed by atoms with Crippen LogP contribution in [0.25, 0.3) is 17.4 Å². The summed E-state index contributed by atoms with van der Waals surface area (Å²) in [6, 6.07) is 10.4. The van der Waals surface area contributed by atoms with Gasteiger partial charge in [0, 0.05) is 11.5 Å². The predicted octanol–water partition coefficient (Wildman–Crippen LogP) is 5.18. The predicted molar refractivity (Wildman–Crippen MR) is 129 cm³/mol. The molecule has 0 radical (unpaired) electrons. The average molecular weight is 465 g/mol. The van der Waals surface area contributed by atoms with Crippen LogP contribution in [0.1, 0.15) is 49.7 Å². The summed E-state index contributed by atoms with van der Waals surface area (Å²) in [5, 5.41) is 15.8. The number of amidine groups is 2. The standard InChI is InChI=1S/C24H24N4O4S/c1-4-14(5-2)22-27-28-20(25)18(21(29)26-24(28)33-22)13-17-11-12-19(32-17)15-7-9-16(10-8-15)23(30)31-6-3/h7-14,25H,4-6H2,1-3H3. The third-order valence-corrected chi connectivity index (χ3v) is 6.47. The molecule has 2 aromatic rings. The van der Waals surface area contributed by atoms with Gasteiger partial charge < -0.3 is 9.15 Å². The van der Waals surface area contributed by atoms with E-state index in [1.54, 1.807) is 43.3 Å². The fourth-order valence-corrected chi connectivity index (χ4v) is 4.68. The van der Waals surface area contributed by atoms with E-state index in [1.807, 2.05) is 0 Å². The van der Waals surface area contributed by atoms with Crippen molar-refractivity contribution in [1.29, 1.82) is 5.41 Å². The van der Waals surface area contributed by atoms with Crippen molar-refractivity contribution in [2.45, 2.75) is 33.6 Å². The summed E-state index contributed by atoms with van der Waals surface area (Å²) in [6.45, 7) is 6.26. The van der Waals surface area contributed by atoms with Crippen LogP contribution in [0.15, 0.2) is 56.5 Å². The lowest BCUT2D eigenvalue weighted by Gasteiger charge is -2.19. The Kier molecular flexibility index (Phi) is 6.60. The highest BCUT2D eigenvalue weighted by Gasteiger charge is 2.37. The van der Waals surface area contributed by atoms with E-state index in [0.29, 0.717) is 28.9 Å². The molecular weight excluding hydrogens is 440 g/mol. The van der Waals surface area contributed by atoms with Crippen LogP contribution in [0.2, 0.25) is 0 Å². The highest BCUT2D eigenvalue weighted by Crippen LogP contribution is 2.33. The maximum atomic E-state index is 12.6. The number of nitrogens with one attached hydrogen (secondary N) is 1. The Bertz CT molecular complexity index is 1190. The molecule has 8 nitrogen and oxygen atoms in total. The summed E-state index contributed by atoms with van der Waals surface area (Å²) in [5.74, 6) is 0.385. The Morgan fingerprint density at radius 1 is 1.18 bits per heavy atom. The molecule has 0 spiro atoms. The minimum atomic E-state index is -0.489. The molecule has 0 saturated heterocycles. The Morgan fingerprint density at radius 3 is 2.58 bits per heavy atom. The topological polar surface area (TPSA) is 108 Å². The Labute approximate surface area is 195 Å². The van der Waals surface area contributed by atoms with Crippen LogP contribution in [0, 0.1) is 11.3 Å². The zero-order chi connectivity index (χ0) is 23.5. The molecule has 0 atom stereocenters. The first-order valence-corrected chi connectivity index (χ1v) is 11.6. The number of hydrazone groups is 1. The lowest BCUT2D eigenvalue weighted by molar-refractivity contribution is -0.114. The number of esters is 1. The van der Waals surface area contributed by atoms with Gasteiger partial charge in [-0.15, -0.1) is 0 Å². The minimum absolute atomic E-state index is 0.0183. The molecule has 0 bridgehead atoms. The highest BCUT2D eigenvalue weighted by molar-refractivity contribution is 8.27. The maximum absolute atomic E-state index is 12.6. The van der Waals surface area contributed by atoms with Crippen LogP contribution >= 0.6 is 11.8 Å². The Balaban J connectivity index is 1.55. The van der Waals surface area contributed by atoms with Gasteiger partial charge in [-0.05, 0) is 61.9 Å². The van der Waals surface area contributed by atoms with Crippen molar-refractivity contribution in [1.82, 2.24) is 5.01 Å². The Morgan fingerprint density at radius 2 is 1.91 bits per heavy atom. The number of hydrogen-bond acceptors (Lipinski definition) is 7. The third kappa shape index (κ3) is 4.54. The molecular formula is C24H24N4O4S. The molecule has 9 heteroatoms. The number of fused-ring (bicyclic) bond motifs is 1. The van der Waals surface area contributed by atoms with E-state index in [2.05, 4.69) is 23.9 Å². The molecule has 3 heterocycles. The molecule has 4 rings (SSSR count). The number of ether oxygens (including phenoxy) is 1. The van der Waals surface area contributed by atoms with Gasteiger partial charge in [0.25, 0.3) is 5.91 Å². The molecule has 1 amide bonds. The number of carbonyl (C=O) groups is 2. The molecule has 0 fully saturated rings. The lowest BCUT2D eigenvalue weighted by atomic mass is 10.1. The van der Waals surface area contributed by atoms with Crippen LogP contribution in [0.4, 0.5) is 0 Å². The van der Waals surface area contributed by atoms with Crippen molar-refractivity contribution in [2.24, 2.45) is 16.0 Å². The van der Waals surface area contributed by atoms with Crippen LogP contribution < -0.4 is 0 Å². The largest absolute Gasteiger partial charge is 0.462 e. The van der Waals surface area contributed by atoms with Crippen LogP contribution in [-0.4, -0.2) is 39.5 Å². The fourth-order valence-electron chi connectivity index (χ4n) is 3.52. The van der Waals surface area contributed by atoms with Gasteiger partial charge in [0.15, 0.2) is 5.84 Å². The smallest absolute Gasteiger partial charge is 0.338 e. The van der Waals surface area contributed by atoms with Crippen molar-refractivity contribution in [2.75, 3.05) is 6.61 Å². The SMILES string of the molecule is CCOC(=O)c1ccc(-c2ccc(C=C3C(=N)N4N=C(C(CC)CC)SC4=NC3=O)o2)cc1. The van der Waals surface area contributed by atoms with Crippen molar-refractivity contribution in [3.05, 3.63) is 53.3 Å². The maximum Gasteiger partial charge on any atom is 0.338 e. The van der Waals surface area contributed by atoms with Crippen molar-refractivity contribution in [3.8, 4) is 11.3 Å². The molecule has 1 N–H and O–H groups in total. The van der Waals surface area contributed by atoms with E-state index in [0.717, 1.165) is 23.4 Å². The van der Waals surface area contributed by atoms with Crippen molar-refractivity contribution in [3.63, 3.8) is 0 Å². The molecule has 2 aliphatic heterocycles. The molecule has 0 unspecified atom stereocenters. The van der Waals surface area contributed by atoms with E-state index in [-0.39, 0.29) is 23.3 Å². The third-order valence-electron chi connectivity index (χ3n) is 5.40. The number of thioether (sulfide) groups is 1. The number of carbonyl (C=O) groups excluding carboxylic acids is 2. The highest BCUT2D eigenvalue weighted by atomic mass is 32.2. The summed E-state index contributed by atoms with van der Waals surface area (Å²) in [7, 11) is 0. The molecule has 2 aliphatic rings. The van der Waals surface area contributed by atoms with Gasteiger partial charge in [-0.3, -0.25) is 10.2 Å². The normalized spacial score (nSPS) is 16.8. The summed E-state index contributed by atoms with van der Waals surface area (Å²) >= 11 is 1.36. The van der Waals surface area contributed by atoms with E-state index < -0.39 is 5.91 Å². The van der Waals surface area contributed by atoms with Gasteiger partial charge in [0.05, 0.1) is 17.7 Å². The monoisotopic (exact) mass is 464 g/mol. The summed E-state index contributed by atoms with van der Waals surface area (Å²) in [5.41, 5.74) is 1.35. The number of nitrogens with zero attached hydrogens (tertiary/aromatic N) is 3. The average Bonchev–Trinajstić information content (AvgIpc) is 3.45. The van der Waals surface area contributed by atoms with Gasteiger partial charge in [-0.25, -0.2) is 4.79 Å². The van der Waals surface area contributed by atoms with E-state index >= 15 is 0 Å². The van der Waals surface area contributed by atoms with Gasteiger partial charge in [-0.2, -0.15) is 15.1 Å². The van der Waals surface area contributed by atoms with Gasteiger partial charge in [0.2, 0.25) is 5.17 Å². The van der Waals surface area contributed by atoms with E-state index in [4.69, 9.17) is 14.6 Å². The Hall–Kier alpha value is -3.46.